The van der Waals surface area contributed by atoms with Gasteiger partial charge in [-0.3, -0.25) is 14.6 Å². The monoisotopic (exact) mass is 393 g/mol. The fourth-order valence-corrected chi connectivity index (χ4v) is 4.20. The van der Waals surface area contributed by atoms with E-state index >= 15 is 0 Å². The number of pyridine rings is 1. The third-order valence-corrected chi connectivity index (χ3v) is 6.06. The first-order valence-corrected chi connectivity index (χ1v) is 10.3. The summed E-state index contributed by atoms with van der Waals surface area (Å²) in [6.45, 7) is 5.84. The van der Waals surface area contributed by atoms with Gasteiger partial charge in [0.15, 0.2) is 0 Å². The Kier molecular flexibility index (Phi) is 5.51. The van der Waals surface area contributed by atoms with Gasteiger partial charge >= 0.3 is 0 Å². The molecule has 0 bridgehead atoms. The van der Waals surface area contributed by atoms with Crippen molar-refractivity contribution in [1.82, 2.24) is 14.8 Å². The number of nitrogens with zero attached hydrogens (tertiary/aromatic N) is 3. The summed E-state index contributed by atoms with van der Waals surface area (Å²) in [6, 6.07) is 11.2. The Morgan fingerprint density at radius 2 is 1.90 bits per heavy atom. The van der Waals surface area contributed by atoms with E-state index in [4.69, 9.17) is 4.74 Å². The van der Waals surface area contributed by atoms with Crippen LogP contribution in [-0.4, -0.2) is 58.4 Å². The number of amides is 2. The summed E-state index contributed by atoms with van der Waals surface area (Å²) in [7, 11) is 0. The zero-order valence-corrected chi connectivity index (χ0v) is 17.0. The van der Waals surface area contributed by atoms with Crippen LogP contribution >= 0.6 is 0 Å². The molecule has 0 saturated carbocycles. The van der Waals surface area contributed by atoms with Crippen LogP contribution in [-0.2, 0) is 17.6 Å². The first-order chi connectivity index (χ1) is 14.0. The van der Waals surface area contributed by atoms with Crippen LogP contribution in [0.1, 0.15) is 41.9 Å². The highest BCUT2D eigenvalue weighted by Gasteiger charge is 2.36. The third-order valence-electron chi connectivity index (χ3n) is 6.06. The second-order valence-electron chi connectivity index (χ2n) is 7.84. The van der Waals surface area contributed by atoms with Crippen molar-refractivity contribution in [1.29, 1.82) is 0 Å². The lowest BCUT2D eigenvalue weighted by atomic mass is 9.99. The van der Waals surface area contributed by atoms with E-state index in [1.165, 1.54) is 0 Å². The second kappa shape index (κ2) is 8.23. The smallest absolute Gasteiger partial charge is 0.254 e. The predicted molar refractivity (Wildman–Crippen MR) is 110 cm³/mol. The maximum atomic E-state index is 13.2. The Morgan fingerprint density at radius 3 is 2.69 bits per heavy atom. The minimum atomic E-state index is -0.0591. The Hall–Kier alpha value is -2.89. The van der Waals surface area contributed by atoms with Crippen molar-refractivity contribution in [2.75, 3.05) is 19.7 Å². The van der Waals surface area contributed by atoms with Crippen LogP contribution in [0, 0.1) is 0 Å². The molecule has 1 saturated heterocycles. The lowest BCUT2D eigenvalue weighted by molar-refractivity contribution is -0.136. The Labute approximate surface area is 171 Å². The molecule has 0 spiro atoms. The zero-order valence-electron chi connectivity index (χ0n) is 17.0. The molecule has 4 rings (SSSR count). The van der Waals surface area contributed by atoms with E-state index in [0.29, 0.717) is 18.7 Å². The number of hydrogen-bond acceptors (Lipinski definition) is 4. The van der Waals surface area contributed by atoms with Crippen LogP contribution in [0.15, 0.2) is 42.6 Å². The van der Waals surface area contributed by atoms with Crippen LogP contribution in [0.3, 0.4) is 0 Å². The maximum Gasteiger partial charge on any atom is 0.254 e. The molecule has 2 aliphatic rings. The normalized spacial score (nSPS) is 21.3. The summed E-state index contributed by atoms with van der Waals surface area (Å²) in [5, 5.41) is 0. The van der Waals surface area contributed by atoms with E-state index in [-0.39, 0.29) is 30.3 Å². The van der Waals surface area contributed by atoms with Gasteiger partial charge in [-0.05, 0) is 62.6 Å². The number of aromatic nitrogens is 1. The van der Waals surface area contributed by atoms with Gasteiger partial charge in [-0.15, -0.1) is 0 Å². The summed E-state index contributed by atoms with van der Waals surface area (Å²) in [6.07, 6.45) is 3.92. The predicted octanol–water partition coefficient (Wildman–Crippen LogP) is 2.71. The lowest BCUT2D eigenvalue weighted by Gasteiger charge is -2.45. The molecule has 0 radical (unpaired) electrons. The number of carbonyl (C=O) groups excluding carboxylic acids is 2. The average Bonchev–Trinajstić information content (AvgIpc) is 2.75. The summed E-state index contributed by atoms with van der Waals surface area (Å²) in [5.74, 6) is 0.967. The number of fused-ring (bicyclic) bond motifs is 1. The molecule has 1 fully saturated rings. The van der Waals surface area contributed by atoms with E-state index in [2.05, 4.69) is 4.98 Å². The van der Waals surface area contributed by atoms with Gasteiger partial charge in [-0.1, -0.05) is 6.07 Å². The molecule has 2 amide bonds. The summed E-state index contributed by atoms with van der Waals surface area (Å²) in [4.78, 5) is 34.0. The van der Waals surface area contributed by atoms with Gasteiger partial charge in [0.05, 0.1) is 13.0 Å². The summed E-state index contributed by atoms with van der Waals surface area (Å²) < 4.78 is 5.66. The largest absolute Gasteiger partial charge is 0.493 e. The Morgan fingerprint density at radius 1 is 1.10 bits per heavy atom. The van der Waals surface area contributed by atoms with Gasteiger partial charge in [0.2, 0.25) is 5.91 Å². The molecule has 6 nitrogen and oxygen atoms in total. The second-order valence-corrected chi connectivity index (χ2v) is 7.84. The minimum Gasteiger partial charge on any atom is -0.493 e. The standard InChI is InChI=1S/C23H27N3O3/c1-16-17(2)26(12-11-25(16)22(27)15-20-7-3-4-10-24-20)23(28)19-8-9-21-18(14-19)6-5-13-29-21/h3-4,7-10,14,16-17H,5-6,11-13,15H2,1-2H3/t16-,17-/m1/s1. The molecule has 2 aromatic rings. The number of rotatable bonds is 3. The molecule has 3 heterocycles. The first kappa shape index (κ1) is 19.4. The van der Waals surface area contributed by atoms with Gasteiger partial charge in [0.25, 0.3) is 5.91 Å². The maximum absolute atomic E-state index is 13.2. The quantitative estimate of drug-likeness (QED) is 0.804. The highest BCUT2D eigenvalue weighted by atomic mass is 16.5. The van der Waals surface area contributed by atoms with E-state index in [1.54, 1.807) is 6.20 Å². The third kappa shape index (κ3) is 3.97. The van der Waals surface area contributed by atoms with Crippen molar-refractivity contribution in [3.05, 3.63) is 59.4 Å². The fraction of sp³-hybridized carbons (Fsp3) is 0.435. The lowest BCUT2D eigenvalue weighted by Crippen LogP contribution is -2.60. The molecule has 1 aromatic heterocycles. The van der Waals surface area contributed by atoms with Gasteiger partial charge in [-0.2, -0.15) is 0 Å². The number of carbonyl (C=O) groups is 2. The highest BCUT2D eigenvalue weighted by Crippen LogP contribution is 2.27. The van der Waals surface area contributed by atoms with Gasteiger partial charge in [0, 0.05) is 42.6 Å². The molecule has 152 valence electrons. The Balaban J connectivity index is 1.45. The number of ether oxygens (including phenoxy) is 1. The molecule has 0 aliphatic carbocycles. The molecule has 1 aromatic carbocycles. The molecule has 2 aliphatic heterocycles. The molecule has 6 heteroatoms. The molecule has 29 heavy (non-hydrogen) atoms. The van der Waals surface area contributed by atoms with Gasteiger partial charge < -0.3 is 14.5 Å². The SMILES string of the molecule is C[C@@H]1[C@@H](C)N(C(=O)c2ccc3c(c2)CCCO3)CCN1C(=O)Cc1ccccn1. The molecular formula is C23H27N3O3. The van der Waals surface area contributed by atoms with E-state index in [0.717, 1.165) is 36.5 Å². The first-order valence-electron chi connectivity index (χ1n) is 10.3. The highest BCUT2D eigenvalue weighted by molar-refractivity contribution is 5.95. The van der Waals surface area contributed by atoms with Crippen molar-refractivity contribution in [3.8, 4) is 5.75 Å². The minimum absolute atomic E-state index is 0.0227. The van der Waals surface area contributed by atoms with E-state index in [9.17, 15) is 9.59 Å². The van der Waals surface area contributed by atoms with Crippen LogP contribution in [0.5, 0.6) is 5.75 Å². The molecule has 0 N–H and O–H groups in total. The van der Waals surface area contributed by atoms with Crippen LogP contribution in [0.2, 0.25) is 0 Å². The van der Waals surface area contributed by atoms with Gasteiger partial charge in [0.1, 0.15) is 5.75 Å². The van der Waals surface area contributed by atoms with Crippen LogP contribution in [0.4, 0.5) is 0 Å². The van der Waals surface area contributed by atoms with Gasteiger partial charge in [-0.25, -0.2) is 0 Å². The van der Waals surface area contributed by atoms with Crippen molar-refractivity contribution >= 4 is 11.8 Å². The summed E-state index contributed by atoms with van der Waals surface area (Å²) in [5.41, 5.74) is 2.57. The Bertz CT molecular complexity index is 899. The number of aryl methyl sites for hydroxylation is 1. The molecular weight excluding hydrogens is 366 g/mol. The summed E-state index contributed by atoms with van der Waals surface area (Å²) >= 11 is 0. The molecule has 0 unspecified atom stereocenters. The topological polar surface area (TPSA) is 62.7 Å². The van der Waals surface area contributed by atoms with Crippen molar-refractivity contribution in [2.24, 2.45) is 0 Å². The van der Waals surface area contributed by atoms with E-state index in [1.807, 2.05) is 60.0 Å². The van der Waals surface area contributed by atoms with Crippen molar-refractivity contribution < 1.29 is 14.3 Å². The van der Waals surface area contributed by atoms with Crippen molar-refractivity contribution in [2.45, 2.75) is 45.2 Å². The number of hydrogen-bond donors (Lipinski definition) is 0. The van der Waals surface area contributed by atoms with Crippen LogP contribution < -0.4 is 4.74 Å². The van der Waals surface area contributed by atoms with Crippen molar-refractivity contribution in [3.63, 3.8) is 0 Å². The zero-order chi connectivity index (χ0) is 20.4. The van der Waals surface area contributed by atoms with Crippen LogP contribution in [0.25, 0.3) is 0 Å². The van der Waals surface area contributed by atoms with E-state index < -0.39 is 0 Å². The molecule has 2 atom stereocenters. The number of benzene rings is 1. The average molecular weight is 393 g/mol. The fourth-order valence-electron chi connectivity index (χ4n) is 4.20. The number of piperazine rings is 1.